The summed E-state index contributed by atoms with van der Waals surface area (Å²) in [6.07, 6.45) is 5.27. The molecule has 1 aromatic heterocycles. The Labute approximate surface area is 153 Å². The lowest BCUT2D eigenvalue weighted by atomic mass is 10.0. The quantitative estimate of drug-likeness (QED) is 0.810. The Kier molecular flexibility index (Phi) is 5.84. The summed E-state index contributed by atoms with van der Waals surface area (Å²) < 4.78 is 5.65. The smallest absolute Gasteiger partial charge is 0.261 e. The topological polar surface area (TPSA) is 71.5 Å². The predicted octanol–water partition coefficient (Wildman–Crippen LogP) is 2.46. The first kappa shape index (κ1) is 17.9. The molecule has 26 heavy (non-hydrogen) atoms. The highest BCUT2D eigenvalue weighted by atomic mass is 16.5. The normalized spacial score (nSPS) is 16.4. The maximum Gasteiger partial charge on any atom is 0.261 e. The molecule has 1 atom stereocenters. The number of hydrogen-bond acceptors (Lipinski definition) is 4. The van der Waals surface area contributed by atoms with Crippen LogP contribution in [0.1, 0.15) is 36.9 Å². The minimum absolute atomic E-state index is 0.0873. The van der Waals surface area contributed by atoms with E-state index in [9.17, 15) is 9.59 Å². The molecule has 6 heteroatoms. The van der Waals surface area contributed by atoms with E-state index in [-0.39, 0.29) is 18.4 Å². The van der Waals surface area contributed by atoms with E-state index in [2.05, 4.69) is 17.2 Å². The lowest BCUT2D eigenvalue weighted by Gasteiger charge is -2.29. The molecule has 2 heterocycles. The van der Waals surface area contributed by atoms with E-state index in [1.54, 1.807) is 23.4 Å². The van der Waals surface area contributed by atoms with Crippen LogP contribution in [-0.4, -0.2) is 34.8 Å². The summed E-state index contributed by atoms with van der Waals surface area (Å²) in [6.45, 7) is 2.87. The number of ether oxygens (including phenoxy) is 1. The van der Waals surface area contributed by atoms with Crippen molar-refractivity contribution in [3.8, 4) is 5.75 Å². The van der Waals surface area contributed by atoms with E-state index in [1.807, 2.05) is 30.3 Å². The summed E-state index contributed by atoms with van der Waals surface area (Å²) in [5, 5.41) is 2.95. The Bertz CT molecular complexity index is 764. The third kappa shape index (κ3) is 4.02. The van der Waals surface area contributed by atoms with Gasteiger partial charge in [-0.15, -0.1) is 0 Å². The first-order valence-electron chi connectivity index (χ1n) is 8.88. The van der Waals surface area contributed by atoms with Crippen LogP contribution < -0.4 is 10.1 Å². The fourth-order valence-electron chi connectivity index (χ4n) is 3.01. The number of nitrogens with zero attached hydrogens (tertiary/aromatic N) is 2. The van der Waals surface area contributed by atoms with Crippen molar-refractivity contribution in [1.29, 1.82) is 0 Å². The molecule has 136 valence electrons. The molecule has 0 saturated heterocycles. The van der Waals surface area contributed by atoms with Crippen LogP contribution in [0.3, 0.4) is 0 Å². The summed E-state index contributed by atoms with van der Waals surface area (Å²) in [5.41, 5.74) is 1.57. The molecule has 1 unspecified atom stereocenters. The van der Waals surface area contributed by atoms with Gasteiger partial charge in [0.2, 0.25) is 5.91 Å². The Balaban J connectivity index is 1.94. The molecular formula is C20H23N3O3. The van der Waals surface area contributed by atoms with E-state index in [4.69, 9.17) is 4.74 Å². The Morgan fingerprint density at radius 2 is 2.15 bits per heavy atom. The van der Waals surface area contributed by atoms with Crippen molar-refractivity contribution in [3.63, 3.8) is 0 Å². The monoisotopic (exact) mass is 353 g/mol. The van der Waals surface area contributed by atoms with Gasteiger partial charge in [0.25, 0.3) is 5.91 Å². The maximum absolute atomic E-state index is 13.0. The van der Waals surface area contributed by atoms with Crippen LogP contribution in [0.2, 0.25) is 0 Å². The zero-order chi connectivity index (χ0) is 18.4. The lowest BCUT2D eigenvalue weighted by molar-refractivity contribution is -0.142. The minimum Gasteiger partial charge on any atom is -0.483 e. The van der Waals surface area contributed by atoms with Gasteiger partial charge >= 0.3 is 0 Å². The van der Waals surface area contributed by atoms with Gasteiger partial charge in [0.1, 0.15) is 11.8 Å². The number of carbonyl (C=O) groups excluding carboxylic acids is 2. The number of benzene rings is 1. The number of nitrogens with one attached hydrogen (secondary N) is 1. The van der Waals surface area contributed by atoms with Crippen LogP contribution in [0, 0.1) is 0 Å². The zero-order valence-electron chi connectivity index (χ0n) is 14.9. The molecule has 2 amide bonds. The van der Waals surface area contributed by atoms with Gasteiger partial charge in [-0.1, -0.05) is 37.6 Å². The van der Waals surface area contributed by atoms with E-state index < -0.39 is 6.04 Å². The minimum atomic E-state index is -0.724. The number of amides is 2. The molecule has 0 aliphatic carbocycles. The Morgan fingerprint density at radius 1 is 1.31 bits per heavy atom. The van der Waals surface area contributed by atoms with Crippen molar-refractivity contribution >= 4 is 11.8 Å². The van der Waals surface area contributed by atoms with Gasteiger partial charge in [-0.25, -0.2) is 0 Å². The van der Waals surface area contributed by atoms with Crippen LogP contribution in [0.4, 0.5) is 0 Å². The van der Waals surface area contributed by atoms with Gasteiger partial charge in [0, 0.05) is 31.0 Å². The molecule has 6 nitrogen and oxygen atoms in total. The van der Waals surface area contributed by atoms with E-state index in [0.717, 1.165) is 18.4 Å². The molecule has 1 N–H and O–H groups in total. The zero-order valence-corrected chi connectivity index (χ0v) is 14.9. The molecule has 2 aromatic rings. The van der Waals surface area contributed by atoms with Crippen LogP contribution in [-0.2, 0) is 16.1 Å². The van der Waals surface area contributed by atoms with Crippen molar-refractivity contribution in [3.05, 3.63) is 59.9 Å². The second-order valence-electron chi connectivity index (χ2n) is 6.26. The second kappa shape index (κ2) is 8.47. The van der Waals surface area contributed by atoms with Gasteiger partial charge < -0.3 is 15.0 Å². The molecule has 0 bridgehead atoms. The van der Waals surface area contributed by atoms with Crippen LogP contribution in [0.5, 0.6) is 5.75 Å². The second-order valence-corrected chi connectivity index (χ2v) is 6.26. The van der Waals surface area contributed by atoms with Crippen molar-refractivity contribution < 1.29 is 14.3 Å². The van der Waals surface area contributed by atoms with Crippen molar-refractivity contribution in [2.75, 3.05) is 13.2 Å². The largest absolute Gasteiger partial charge is 0.483 e. The number of unbranched alkanes of at least 4 members (excludes halogenated alkanes) is 1. The van der Waals surface area contributed by atoms with Gasteiger partial charge in [0.05, 0.1) is 0 Å². The molecule has 3 rings (SSSR count). The number of hydrogen-bond donors (Lipinski definition) is 1. The molecule has 0 fully saturated rings. The average Bonchev–Trinajstić information content (AvgIpc) is 2.80. The molecule has 0 spiro atoms. The maximum atomic E-state index is 13.0. The van der Waals surface area contributed by atoms with Crippen LogP contribution >= 0.6 is 0 Å². The summed E-state index contributed by atoms with van der Waals surface area (Å²) in [4.78, 5) is 31.4. The van der Waals surface area contributed by atoms with E-state index in [1.165, 1.54) is 0 Å². The standard InChI is InChI=1S/C20H23N3O3/c1-2-3-11-22-20(25)19-16-8-4-5-9-17(16)26-14-18(24)23(19)13-15-7-6-10-21-12-15/h4-10,12,19H,2-3,11,13-14H2,1H3,(H,22,25). The van der Waals surface area contributed by atoms with E-state index in [0.29, 0.717) is 24.4 Å². The molecule has 1 aliphatic heterocycles. The van der Waals surface area contributed by atoms with Gasteiger partial charge in [0.15, 0.2) is 6.61 Å². The molecular weight excluding hydrogens is 330 g/mol. The first-order chi connectivity index (χ1) is 12.7. The Morgan fingerprint density at radius 3 is 2.92 bits per heavy atom. The van der Waals surface area contributed by atoms with Gasteiger partial charge in [-0.05, 0) is 24.1 Å². The highest BCUT2D eigenvalue weighted by Crippen LogP contribution is 2.33. The molecule has 1 aromatic carbocycles. The number of aromatic nitrogens is 1. The number of fused-ring (bicyclic) bond motifs is 1. The average molecular weight is 353 g/mol. The number of pyridine rings is 1. The van der Waals surface area contributed by atoms with E-state index >= 15 is 0 Å². The fraction of sp³-hybridized carbons (Fsp3) is 0.350. The summed E-state index contributed by atoms with van der Waals surface area (Å²) in [7, 11) is 0. The predicted molar refractivity (Wildman–Crippen MR) is 97.4 cm³/mol. The van der Waals surface area contributed by atoms with Crippen LogP contribution in [0.15, 0.2) is 48.8 Å². The third-order valence-corrected chi connectivity index (χ3v) is 4.35. The van der Waals surface area contributed by atoms with Gasteiger partial charge in [-0.3, -0.25) is 14.6 Å². The van der Waals surface area contributed by atoms with Crippen molar-refractivity contribution in [2.45, 2.75) is 32.4 Å². The SMILES string of the molecule is CCCCNC(=O)C1c2ccccc2OCC(=O)N1Cc1cccnc1. The fourth-order valence-corrected chi connectivity index (χ4v) is 3.01. The summed E-state index contributed by atoms with van der Waals surface area (Å²) >= 11 is 0. The van der Waals surface area contributed by atoms with Crippen molar-refractivity contribution in [2.24, 2.45) is 0 Å². The van der Waals surface area contributed by atoms with Crippen molar-refractivity contribution in [1.82, 2.24) is 15.2 Å². The first-order valence-corrected chi connectivity index (χ1v) is 8.88. The van der Waals surface area contributed by atoms with Crippen LogP contribution in [0.25, 0.3) is 0 Å². The molecule has 0 saturated carbocycles. The molecule has 0 radical (unpaired) electrons. The summed E-state index contributed by atoms with van der Waals surface area (Å²) in [5.74, 6) is 0.166. The third-order valence-electron chi connectivity index (χ3n) is 4.35. The Hall–Kier alpha value is -2.89. The summed E-state index contributed by atoms with van der Waals surface area (Å²) in [6, 6.07) is 10.3. The number of para-hydroxylation sites is 1. The number of carbonyl (C=O) groups is 2. The lowest BCUT2D eigenvalue weighted by Crippen LogP contribution is -2.43. The number of rotatable bonds is 6. The molecule has 1 aliphatic rings. The van der Waals surface area contributed by atoms with Gasteiger partial charge in [-0.2, -0.15) is 0 Å². The highest BCUT2D eigenvalue weighted by molar-refractivity contribution is 5.90. The highest BCUT2D eigenvalue weighted by Gasteiger charge is 2.36.